The minimum absolute atomic E-state index is 0.0231. The van der Waals surface area contributed by atoms with E-state index >= 15 is 0 Å². The number of pyridine rings is 1. The lowest BCUT2D eigenvalue weighted by Gasteiger charge is -1.97. The molecule has 1 aromatic rings. The van der Waals surface area contributed by atoms with Crippen molar-refractivity contribution in [3.8, 4) is 5.75 Å². The first-order chi connectivity index (χ1) is 4.72. The van der Waals surface area contributed by atoms with Crippen molar-refractivity contribution in [1.29, 1.82) is 0 Å². The maximum atomic E-state index is 9.05. The van der Waals surface area contributed by atoms with Gasteiger partial charge in [-0.1, -0.05) is 12.2 Å². The van der Waals surface area contributed by atoms with Gasteiger partial charge in [-0.3, -0.25) is 0 Å². The molecule has 3 N–H and O–H groups in total. The fourth-order valence-electron chi connectivity index (χ4n) is 0.587. The van der Waals surface area contributed by atoms with Crippen molar-refractivity contribution in [2.45, 2.75) is 0 Å². The van der Waals surface area contributed by atoms with Gasteiger partial charge in [0.2, 0.25) is 0 Å². The Labute approximate surface area is 63.5 Å². The van der Waals surface area contributed by atoms with E-state index in [4.69, 9.17) is 10.8 Å². The van der Waals surface area contributed by atoms with Crippen molar-refractivity contribution in [2.75, 3.05) is 0 Å². The molecule has 0 radical (unpaired) electrons. The molecule has 0 atom stereocenters. The summed E-state index contributed by atoms with van der Waals surface area (Å²) in [5.74, 6) is 0.0231. The van der Waals surface area contributed by atoms with Gasteiger partial charge in [-0.15, -0.1) is 0 Å². The average molecular weight is 154 g/mol. The maximum absolute atomic E-state index is 9.05. The molecular weight excluding hydrogens is 148 g/mol. The highest BCUT2D eigenvalue weighted by molar-refractivity contribution is 7.80. The number of rotatable bonds is 1. The van der Waals surface area contributed by atoms with Crippen LogP contribution in [0.25, 0.3) is 0 Å². The van der Waals surface area contributed by atoms with E-state index in [0.717, 1.165) is 0 Å². The first-order valence-corrected chi connectivity index (χ1v) is 3.06. The molecule has 0 saturated heterocycles. The second-order valence-corrected chi connectivity index (χ2v) is 2.18. The van der Waals surface area contributed by atoms with E-state index in [9.17, 15) is 0 Å². The summed E-state index contributed by atoms with van der Waals surface area (Å²) in [6, 6.07) is 3.10. The van der Waals surface area contributed by atoms with Crippen molar-refractivity contribution in [2.24, 2.45) is 5.73 Å². The molecule has 0 unspecified atom stereocenters. The molecular formula is C6H6N2OS. The fraction of sp³-hybridized carbons (Fsp3) is 0. The Morgan fingerprint density at radius 1 is 1.70 bits per heavy atom. The molecule has 0 aliphatic rings. The summed E-state index contributed by atoms with van der Waals surface area (Å²) in [6.07, 6.45) is 1.52. The summed E-state index contributed by atoms with van der Waals surface area (Å²) < 4.78 is 0. The predicted octanol–water partition coefficient (Wildman–Crippen LogP) is 0.421. The monoisotopic (exact) mass is 154 g/mol. The highest BCUT2D eigenvalue weighted by Gasteiger charge is 2.01. The second kappa shape index (κ2) is 2.62. The number of thiocarbonyl (C=S) groups is 1. The molecule has 1 heterocycles. The molecule has 0 amide bonds. The number of aromatic hydroxyl groups is 1. The normalized spacial score (nSPS) is 9.20. The Bertz CT molecular complexity index is 262. The third-order valence-corrected chi connectivity index (χ3v) is 1.21. The first kappa shape index (κ1) is 6.95. The van der Waals surface area contributed by atoms with Crippen LogP contribution in [0, 0.1) is 0 Å². The zero-order valence-corrected chi connectivity index (χ0v) is 5.93. The summed E-state index contributed by atoms with van der Waals surface area (Å²) in [7, 11) is 0. The van der Waals surface area contributed by atoms with Crippen LogP contribution in [0.1, 0.15) is 5.69 Å². The Hall–Kier alpha value is -1.16. The lowest BCUT2D eigenvalue weighted by molar-refractivity contribution is 0.471. The van der Waals surface area contributed by atoms with Gasteiger partial charge in [-0.05, 0) is 12.1 Å². The van der Waals surface area contributed by atoms with E-state index in [-0.39, 0.29) is 16.4 Å². The third-order valence-electron chi connectivity index (χ3n) is 1.02. The molecule has 4 heteroatoms. The fourth-order valence-corrected chi connectivity index (χ4v) is 0.744. The standard InChI is InChI=1S/C6H6N2OS/c7-6(10)5-4(9)2-1-3-8-5/h1-3,9H,(H2,7,10). The van der Waals surface area contributed by atoms with Crippen LogP contribution >= 0.6 is 12.2 Å². The van der Waals surface area contributed by atoms with Gasteiger partial charge in [0.1, 0.15) is 16.4 Å². The molecule has 0 aliphatic carbocycles. The Morgan fingerprint density at radius 2 is 2.40 bits per heavy atom. The van der Waals surface area contributed by atoms with Crippen LogP contribution in [-0.4, -0.2) is 15.1 Å². The van der Waals surface area contributed by atoms with Gasteiger partial charge in [-0.25, -0.2) is 4.98 Å². The number of hydrogen-bond donors (Lipinski definition) is 2. The van der Waals surface area contributed by atoms with Crippen LogP contribution in [0.4, 0.5) is 0 Å². The van der Waals surface area contributed by atoms with E-state index < -0.39 is 0 Å². The molecule has 0 bridgehead atoms. The van der Waals surface area contributed by atoms with Crippen LogP contribution in [0.15, 0.2) is 18.3 Å². The van der Waals surface area contributed by atoms with Crippen LogP contribution in [0.2, 0.25) is 0 Å². The van der Waals surface area contributed by atoms with Crippen LogP contribution < -0.4 is 5.73 Å². The maximum Gasteiger partial charge on any atom is 0.144 e. The lowest BCUT2D eigenvalue weighted by atomic mass is 10.3. The van der Waals surface area contributed by atoms with Crippen molar-refractivity contribution >= 4 is 17.2 Å². The van der Waals surface area contributed by atoms with E-state index in [0.29, 0.717) is 0 Å². The highest BCUT2D eigenvalue weighted by Crippen LogP contribution is 2.11. The van der Waals surface area contributed by atoms with E-state index in [2.05, 4.69) is 17.2 Å². The first-order valence-electron chi connectivity index (χ1n) is 2.65. The summed E-state index contributed by atoms with van der Waals surface area (Å²) in [5.41, 5.74) is 5.50. The summed E-state index contributed by atoms with van der Waals surface area (Å²) in [6.45, 7) is 0. The molecule has 0 saturated carbocycles. The lowest BCUT2D eigenvalue weighted by Crippen LogP contribution is -2.11. The van der Waals surface area contributed by atoms with Crippen LogP contribution in [0.3, 0.4) is 0 Å². The minimum atomic E-state index is 0.0231. The summed E-state index contributed by atoms with van der Waals surface area (Å²) in [4.78, 5) is 3.87. The van der Waals surface area contributed by atoms with Gasteiger partial charge in [0.05, 0.1) is 0 Å². The van der Waals surface area contributed by atoms with Gasteiger partial charge < -0.3 is 10.8 Å². The number of nitrogens with zero attached hydrogens (tertiary/aromatic N) is 1. The predicted molar refractivity (Wildman–Crippen MR) is 41.8 cm³/mol. The zero-order valence-electron chi connectivity index (χ0n) is 5.11. The SMILES string of the molecule is NC(=S)c1ncccc1O. The van der Waals surface area contributed by atoms with Crippen molar-refractivity contribution in [3.63, 3.8) is 0 Å². The Kier molecular flexibility index (Phi) is 1.82. The van der Waals surface area contributed by atoms with Gasteiger partial charge in [-0.2, -0.15) is 0 Å². The largest absolute Gasteiger partial charge is 0.506 e. The van der Waals surface area contributed by atoms with Gasteiger partial charge in [0, 0.05) is 6.20 Å². The number of aromatic nitrogens is 1. The molecule has 10 heavy (non-hydrogen) atoms. The topological polar surface area (TPSA) is 59.1 Å². The Morgan fingerprint density at radius 3 is 2.80 bits per heavy atom. The van der Waals surface area contributed by atoms with Gasteiger partial charge >= 0.3 is 0 Å². The van der Waals surface area contributed by atoms with Crippen molar-refractivity contribution < 1.29 is 5.11 Å². The van der Waals surface area contributed by atoms with E-state index in [1.807, 2.05) is 0 Å². The molecule has 0 spiro atoms. The highest BCUT2D eigenvalue weighted by atomic mass is 32.1. The Balaban J connectivity index is 3.15. The zero-order chi connectivity index (χ0) is 7.56. The molecule has 1 rings (SSSR count). The van der Waals surface area contributed by atoms with E-state index in [1.54, 1.807) is 6.07 Å². The molecule has 52 valence electrons. The van der Waals surface area contributed by atoms with Gasteiger partial charge in [0.25, 0.3) is 0 Å². The quantitative estimate of drug-likeness (QED) is 0.575. The number of hydrogen-bond acceptors (Lipinski definition) is 3. The molecule has 3 nitrogen and oxygen atoms in total. The van der Waals surface area contributed by atoms with Crippen molar-refractivity contribution in [3.05, 3.63) is 24.0 Å². The molecule has 0 aromatic carbocycles. The summed E-state index contributed by atoms with van der Waals surface area (Å²) in [5, 5.41) is 9.05. The van der Waals surface area contributed by atoms with Crippen LogP contribution in [0.5, 0.6) is 5.75 Å². The minimum Gasteiger partial charge on any atom is -0.506 e. The second-order valence-electron chi connectivity index (χ2n) is 1.74. The summed E-state index contributed by atoms with van der Waals surface area (Å²) >= 11 is 4.60. The van der Waals surface area contributed by atoms with Crippen molar-refractivity contribution in [1.82, 2.24) is 4.98 Å². The number of nitrogens with two attached hydrogens (primary N) is 1. The van der Waals surface area contributed by atoms with Crippen LogP contribution in [-0.2, 0) is 0 Å². The van der Waals surface area contributed by atoms with E-state index in [1.165, 1.54) is 12.3 Å². The molecule has 1 aromatic heterocycles. The molecule has 0 fully saturated rings. The van der Waals surface area contributed by atoms with Gasteiger partial charge in [0.15, 0.2) is 0 Å². The third kappa shape index (κ3) is 1.22. The smallest absolute Gasteiger partial charge is 0.144 e. The molecule has 0 aliphatic heterocycles. The average Bonchev–Trinajstić information content (AvgIpc) is 1.88.